The molecule has 8 heteroatoms. The highest BCUT2D eigenvalue weighted by Crippen LogP contribution is 2.29. The van der Waals surface area contributed by atoms with Gasteiger partial charge in [0.1, 0.15) is 0 Å². The van der Waals surface area contributed by atoms with E-state index in [9.17, 15) is 4.79 Å². The van der Waals surface area contributed by atoms with Gasteiger partial charge < -0.3 is 10.1 Å². The van der Waals surface area contributed by atoms with Crippen LogP contribution in [0.5, 0.6) is 0 Å². The molecule has 1 N–H and O–H groups in total. The number of rotatable bonds is 12. The summed E-state index contributed by atoms with van der Waals surface area (Å²) in [6.07, 6.45) is 3.46. The number of thioether (sulfide) groups is 2. The zero-order valence-corrected chi connectivity index (χ0v) is 15.9. The third-order valence-corrected chi connectivity index (χ3v) is 5.81. The normalized spacial score (nSPS) is 11.1. The van der Waals surface area contributed by atoms with Crippen molar-refractivity contribution >= 4 is 40.8 Å². The number of nitrogens with zero attached hydrogens (tertiary/aromatic N) is 2. The highest BCUT2D eigenvalue weighted by molar-refractivity contribution is 8.03. The number of unbranched alkanes of at least 4 members (excludes halogenated alkanes) is 1. The number of nitrogens with one attached hydrogen (secondary N) is 1. The minimum Gasteiger partial charge on any atom is -0.379 e. The van der Waals surface area contributed by atoms with Gasteiger partial charge in [-0.2, -0.15) is 0 Å². The van der Waals surface area contributed by atoms with Crippen molar-refractivity contribution in [3.63, 3.8) is 0 Å². The molecule has 0 fully saturated rings. The number of carbonyl (C=O) groups is 1. The van der Waals surface area contributed by atoms with E-state index in [0.717, 1.165) is 20.9 Å². The molecule has 0 bridgehead atoms. The van der Waals surface area contributed by atoms with Gasteiger partial charge in [-0.1, -0.05) is 48.2 Å². The van der Waals surface area contributed by atoms with Crippen LogP contribution in [0.1, 0.15) is 40.0 Å². The standard InChI is InChI=1S/C14H25N3O2S3/c1-4-5-9-20-13-16-17-14(22-13)21-10-12(18)15-7-6-8-19-11(2)3/h11H,4-10H2,1-3H3,(H,15,18). The van der Waals surface area contributed by atoms with Crippen LogP contribution in [0, 0.1) is 0 Å². The Morgan fingerprint density at radius 2 is 2.00 bits per heavy atom. The SMILES string of the molecule is CCCCSc1nnc(SCC(=O)NCCCOC(C)C)s1. The van der Waals surface area contributed by atoms with E-state index in [4.69, 9.17) is 4.74 Å². The molecule has 0 saturated heterocycles. The molecule has 0 atom stereocenters. The second-order valence-electron chi connectivity index (χ2n) is 4.95. The molecule has 1 amide bonds. The molecule has 5 nitrogen and oxygen atoms in total. The molecule has 22 heavy (non-hydrogen) atoms. The summed E-state index contributed by atoms with van der Waals surface area (Å²) >= 11 is 4.75. The Balaban J connectivity index is 2.10. The largest absolute Gasteiger partial charge is 0.379 e. The van der Waals surface area contributed by atoms with Gasteiger partial charge in [-0.3, -0.25) is 4.79 Å². The van der Waals surface area contributed by atoms with Gasteiger partial charge in [0.2, 0.25) is 5.91 Å². The minimum absolute atomic E-state index is 0.0323. The fourth-order valence-corrected chi connectivity index (χ4v) is 4.42. The maximum Gasteiger partial charge on any atom is 0.230 e. The van der Waals surface area contributed by atoms with E-state index in [-0.39, 0.29) is 12.0 Å². The van der Waals surface area contributed by atoms with E-state index < -0.39 is 0 Å². The van der Waals surface area contributed by atoms with E-state index in [1.165, 1.54) is 24.6 Å². The van der Waals surface area contributed by atoms with Crippen LogP contribution in [-0.2, 0) is 9.53 Å². The van der Waals surface area contributed by atoms with Crippen molar-refractivity contribution in [3.05, 3.63) is 0 Å². The average molecular weight is 364 g/mol. The molecule has 1 rings (SSSR count). The lowest BCUT2D eigenvalue weighted by molar-refractivity contribution is -0.118. The lowest BCUT2D eigenvalue weighted by Crippen LogP contribution is -2.27. The first-order valence-electron chi connectivity index (χ1n) is 7.59. The second-order valence-corrected chi connectivity index (χ2v) is 8.49. The highest BCUT2D eigenvalue weighted by atomic mass is 32.2. The van der Waals surface area contributed by atoms with Crippen molar-refractivity contribution in [2.24, 2.45) is 0 Å². The van der Waals surface area contributed by atoms with Crippen molar-refractivity contribution in [3.8, 4) is 0 Å². The predicted molar refractivity (Wildman–Crippen MR) is 95.0 cm³/mol. The molecule has 0 saturated carbocycles. The lowest BCUT2D eigenvalue weighted by atomic mass is 10.4. The number of amides is 1. The monoisotopic (exact) mass is 363 g/mol. The zero-order chi connectivity index (χ0) is 16.2. The Kier molecular flexibility index (Phi) is 10.9. The van der Waals surface area contributed by atoms with Gasteiger partial charge in [-0.05, 0) is 26.7 Å². The first kappa shape index (κ1) is 19.7. The molecular weight excluding hydrogens is 338 g/mol. The Morgan fingerprint density at radius 3 is 2.68 bits per heavy atom. The van der Waals surface area contributed by atoms with E-state index in [1.807, 2.05) is 13.8 Å². The van der Waals surface area contributed by atoms with E-state index in [0.29, 0.717) is 18.9 Å². The van der Waals surface area contributed by atoms with E-state index in [1.54, 1.807) is 23.1 Å². The number of hydrogen-bond donors (Lipinski definition) is 1. The summed E-state index contributed by atoms with van der Waals surface area (Å²) in [7, 11) is 0. The Morgan fingerprint density at radius 1 is 1.27 bits per heavy atom. The number of hydrogen-bond acceptors (Lipinski definition) is 7. The molecule has 1 aromatic heterocycles. The maximum absolute atomic E-state index is 11.7. The van der Waals surface area contributed by atoms with Gasteiger partial charge in [0.25, 0.3) is 0 Å². The van der Waals surface area contributed by atoms with Crippen LogP contribution in [0.15, 0.2) is 8.68 Å². The Bertz CT molecular complexity index is 427. The van der Waals surface area contributed by atoms with Crippen LogP contribution in [0.2, 0.25) is 0 Å². The average Bonchev–Trinajstić information content (AvgIpc) is 2.93. The Labute approximate surface area is 145 Å². The van der Waals surface area contributed by atoms with Gasteiger partial charge in [0, 0.05) is 18.9 Å². The van der Waals surface area contributed by atoms with Gasteiger partial charge in [0.05, 0.1) is 11.9 Å². The number of aromatic nitrogens is 2. The molecular formula is C14H25N3O2S3. The molecule has 0 aliphatic carbocycles. The molecule has 0 aromatic carbocycles. The lowest BCUT2D eigenvalue weighted by Gasteiger charge is -2.07. The number of carbonyl (C=O) groups excluding carboxylic acids is 1. The predicted octanol–water partition coefficient (Wildman–Crippen LogP) is 3.45. The smallest absolute Gasteiger partial charge is 0.230 e. The van der Waals surface area contributed by atoms with Crippen molar-refractivity contribution in [2.75, 3.05) is 24.7 Å². The Hall–Kier alpha value is -0.310. The molecule has 0 aliphatic rings. The van der Waals surface area contributed by atoms with Crippen LogP contribution in [0.4, 0.5) is 0 Å². The first-order valence-corrected chi connectivity index (χ1v) is 10.4. The highest BCUT2D eigenvalue weighted by Gasteiger charge is 2.08. The summed E-state index contributed by atoms with van der Waals surface area (Å²) in [4.78, 5) is 11.7. The zero-order valence-electron chi connectivity index (χ0n) is 13.5. The minimum atomic E-state index is 0.0323. The quantitative estimate of drug-likeness (QED) is 0.453. The third-order valence-electron chi connectivity index (χ3n) is 2.53. The van der Waals surface area contributed by atoms with Gasteiger partial charge in [-0.25, -0.2) is 0 Å². The summed E-state index contributed by atoms with van der Waals surface area (Å²) in [5.74, 6) is 1.50. The molecule has 1 heterocycles. The number of ether oxygens (including phenoxy) is 1. The van der Waals surface area contributed by atoms with Crippen molar-refractivity contribution < 1.29 is 9.53 Å². The van der Waals surface area contributed by atoms with Crippen LogP contribution in [0.3, 0.4) is 0 Å². The van der Waals surface area contributed by atoms with Crippen LogP contribution in [-0.4, -0.2) is 46.9 Å². The molecule has 0 aliphatic heterocycles. The topological polar surface area (TPSA) is 64.1 Å². The van der Waals surface area contributed by atoms with Gasteiger partial charge >= 0.3 is 0 Å². The third kappa shape index (κ3) is 9.66. The van der Waals surface area contributed by atoms with Crippen LogP contribution < -0.4 is 5.32 Å². The summed E-state index contributed by atoms with van der Waals surface area (Å²) in [6, 6.07) is 0. The second kappa shape index (κ2) is 12.2. The van der Waals surface area contributed by atoms with Crippen molar-refractivity contribution in [1.82, 2.24) is 15.5 Å². The molecule has 126 valence electrons. The van der Waals surface area contributed by atoms with Crippen LogP contribution >= 0.6 is 34.9 Å². The molecule has 0 unspecified atom stereocenters. The molecule has 0 spiro atoms. The summed E-state index contributed by atoms with van der Waals surface area (Å²) in [5, 5.41) is 11.1. The summed E-state index contributed by atoms with van der Waals surface area (Å²) < 4.78 is 7.27. The maximum atomic E-state index is 11.7. The van der Waals surface area contributed by atoms with E-state index >= 15 is 0 Å². The molecule has 0 radical (unpaired) electrons. The van der Waals surface area contributed by atoms with Crippen molar-refractivity contribution in [2.45, 2.75) is 54.8 Å². The fraction of sp³-hybridized carbons (Fsp3) is 0.786. The first-order chi connectivity index (χ1) is 10.6. The summed E-state index contributed by atoms with van der Waals surface area (Å²) in [6.45, 7) is 7.52. The summed E-state index contributed by atoms with van der Waals surface area (Å²) in [5.41, 5.74) is 0. The van der Waals surface area contributed by atoms with E-state index in [2.05, 4.69) is 22.4 Å². The van der Waals surface area contributed by atoms with Crippen LogP contribution in [0.25, 0.3) is 0 Å². The van der Waals surface area contributed by atoms with Gasteiger partial charge in [-0.15, -0.1) is 10.2 Å². The van der Waals surface area contributed by atoms with Gasteiger partial charge in [0.15, 0.2) is 8.68 Å². The van der Waals surface area contributed by atoms with Crippen molar-refractivity contribution in [1.29, 1.82) is 0 Å². The molecule has 1 aromatic rings. The fourth-order valence-electron chi connectivity index (χ4n) is 1.41.